The first-order chi connectivity index (χ1) is 14.3. The molecule has 3 heterocycles. The van der Waals surface area contributed by atoms with Gasteiger partial charge in [0.2, 0.25) is 5.43 Å². The van der Waals surface area contributed by atoms with Crippen LogP contribution in [0.1, 0.15) is 59.0 Å². The van der Waals surface area contributed by atoms with Gasteiger partial charge in [0.05, 0.1) is 5.54 Å². The third-order valence-corrected chi connectivity index (χ3v) is 6.90. The van der Waals surface area contributed by atoms with Crippen molar-refractivity contribution in [1.82, 2.24) is 9.47 Å². The summed E-state index contributed by atoms with van der Waals surface area (Å²) >= 11 is 0. The van der Waals surface area contributed by atoms with E-state index in [9.17, 15) is 19.5 Å². The number of aromatic nitrogens is 1. The number of pyridine rings is 1. The molecular weight excluding hydrogens is 384 g/mol. The lowest BCUT2D eigenvalue weighted by molar-refractivity contribution is 0.0411. The first-order valence-corrected chi connectivity index (χ1v) is 10.3. The summed E-state index contributed by atoms with van der Waals surface area (Å²) in [5, 5.41) is 9.58. The molecule has 7 nitrogen and oxygen atoms in total. The highest BCUT2D eigenvalue weighted by molar-refractivity contribution is 5.98. The van der Waals surface area contributed by atoms with E-state index in [1.807, 2.05) is 35.2 Å². The van der Waals surface area contributed by atoms with Crippen LogP contribution in [0.3, 0.4) is 0 Å². The number of amides is 1. The fourth-order valence-corrected chi connectivity index (χ4v) is 5.68. The molecule has 3 aliphatic rings. The molecule has 5 rings (SSSR count). The smallest absolute Gasteiger partial charge is 0.341 e. The number of carbonyl (C=O) groups excluding carboxylic acids is 1. The first-order valence-electron chi connectivity index (χ1n) is 10.3. The zero-order valence-corrected chi connectivity index (χ0v) is 16.9. The largest absolute Gasteiger partial charge is 0.483 e. The fraction of sp³-hybridized carbons (Fsp3) is 0.435. The number of ether oxygens (including phenoxy) is 1. The second-order valence-electron chi connectivity index (χ2n) is 9.21. The normalized spacial score (nSPS) is 26.8. The minimum absolute atomic E-state index is 0.0670. The molecule has 2 fully saturated rings. The quantitative estimate of drug-likeness (QED) is 0.840. The summed E-state index contributed by atoms with van der Waals surface area (Å²) in [6, 6.07) is 9.29. The van der Waals surface area contributed by atoms with Crippen molar-refractivity contribution < 1.29 is 19.4 Å². The molecule has 2 bridgehead atoms. The van der Waals surface area contributed by atoms with Crippen LogP contribution >= 0.6 is 0 Å². The Kier molecular flexibility index (Phi) is 4.07. The summed E-state index contributed by atoms with van der Waals surface area (Å²) in [6.07, 6.45) is 5.23. The van der Waals surface area contributed by atoms with Crippen molar-refractivity contribution in [3.63, 3.8) is 0 Å². The number of fused-ring (bicyclic) bond motifs is 2. The lowest BCUT2D eigenvalue weighted by Crippen LogP contribution is -2.55. The summed E-state index contributed by atoms with van der Waals surface area (Å²) in [6.45, 7) is 3.45. The Morgan fingerprint density at radius 2 is 1.93 bits per heavy atom. The predicted molar refractivity (Wildman–Crippen MR) is 109 cm³/mol. The van der Waals surface area contributed by atoms with E-state index in [4.69, 9.17) is 4.74 Å². The molecule has 1 saturated carbocycles. The molecule has 0 radical (unpaired) electrons. The minimum Gasteiger partial charge on any atom is -0.483 e. The molecule has 1 amide bonds. The van der Waals surface area contributed by atoms with E-state index >= 15 is 0 Å². The second-order valence-corrected chi connectivity index (χ2v) is 9.21. The van der Waals surface area contributed by atoms with Gasteiger partial charge in [-0.05, 0) is 30.2 Å². The maximum absolute atomic E-state index is 13.6. The van der Waals surface area contributed by atoms with E-state index in [1.54, 1.807) is 4.57 Å². The molecule has 1 aliphatic carbocycles. The number of nitrogens with zero attached hydrogens (tertiary/aromatic N) is 2. The predicted octanol–water partition coefficient (Wildman–Crippen LogP) is 2.91. The summed E-state index contributed by atoms with van der Waals surface area (Å²) < 4.78 is 7.47. The molecule has 1 aromatic heterocycles. The summed E-state index contributed by atoms with van der Waals surface area (Å²) in [5.41, 5.74) is -0.349. The van der Waals surface area contributed by atoms with Crippen molar-refractivity contribution in [1.29, 1.82) is 0 Å². The number of hydrogen-bond donors (Lipinski definition) is 1. The van der Waals surface area contributed by atoms with Crippen LogP contribution in [0, 0.1) is 5.41 Å². The molecular formula is C23H24N2O5. The molecule has 0 unspecified atom stereocenters. The lowest BCUT2D eigenvalue weighted by atomic mass is 9.71. The topological polar surface area (TPSA) is 88.8 Å². The maximum atomic E-state index is 13.6. The van der Waals surface area contributed by atoms with E-state index in [0.29, 0.717) is 13.1 Å². The second kappa shape index (κ2) is 6.45. The van der Waals surface area contributed by atoms with Crippen LogP contribution in [0.2, 0.25) is 0 Å². The van der Waals surface area contributed by atoms with Gasteiger partial charge in [-0.2, -0.15) is 0 Å². The van der Waals surface area contributed by atoms with Gasteiger partial charge >= 0.3 is 5.97 Å². The molecule has 30 heavy (non-hydrogen) atoms. The number of carbonyl (C=O) groups is 2. The van der Waals surface area contributed by atoms with Crippen LogP contribution in [0.25, 0.3) is 0 Å². The van der Waals surface area contributed by atoms with Gasteiger partial charge in [0.25, 0.3) is 5.91 Å². The molecule has 2 aliphatic heterocycles. The highest BCUT2D eigenvalue weighted by Crippen LogP contribution is 2.54. The summed E-state index contributed by atoms with van der Waals surface area (Å²) in [5.74, 6) is -1.71. The van der Waals surface area contributed by atoms with E-state index in [1.165, 1.54) is 6.20 Å². The van der Waals surface area contributed by atoms with Crippen LogP contribution in [0.15, 0.2) is 41.3 Å². The molecule has 2 aromatic rings. The van der Waals surface area contributed by atoms with Crippen LogP contribution in [0.4, 0.5) is 0 Å². The molecule has 1 spiro atoms. The molecule has 2 atom stereocenters. The van der Waals surface area contributed by atoms with Gasteiger partial charge in [-0.1, -0.05) is 43.7 Å². The van der Waals surface area contributed by atoms with Crippen molar-refractivity contribution >= 4 is 11.9 Å². The molecule has 156 valence electrons. The third-order valence-electron chi connectivity index (χ3n) is 6.90. The average molecular weight is 408 g/mol. The third kappa shape index (κ3) is 2.75. The summed E-state index contributed by atoms with van der Waals surface area (Å²) in [4.78, 5) is 40.2. The first kappa shape index (κ1) is 18.9. The van der Waals surface area contributed by atoms with Crippen LogP contribution in [0.5, 0.6) is 5.75 Å². The minimum atomic E-state index is -1.31. The molecule has 1 saturated heterocycles. The molecule has 1 N–H and O–H groups in total. The standard InChI is InChI=1S/C23H24N2O5/c1-22-8-5-9-23(12-22)14-24-10-16(21(28)29)18(26)19(17(24)20(27)25(23)13-22)30-11-15-6-3-2-4-7-15/h2-4,6-7,10H,5,8-9,11-14H2,1H3,(H,28,29)/t22-,23+/m0/s1. The molecule has 7 heteroatoms. The van der Waals surface area contributed by atoms with Crippen molar-refractivity contribution in [2.45, 2.75) is 51.3 Å². The van der Waals surface area contributed by atoms with Gasteiger partial charge in [0.15, 0.2) is 11.4 Å². The Balaban J connectivity index is 1.62. The van der Waals surface area contributed by atoms with Crippen molar-refractivity contribution in [3.8, 4) is 5.75 Å². The van der Waals surface area contributed by atoms with E-state index in [0.717, 1.165) is 31.2 Å². The number of rotatable bonds is 4. The van der Waals surface area contributed by atoms with Crippen LogP contribution in [-0.4, -0.2) is 38.5 Å². The zero-order chi connectivity index (χ0) is 21.1. The van der Waals surface area contributed by atoms with Crippen molar-refractivity contribution in [2.24, 2.45) is 5.41 Å². The van der Waals surface area contributed by atoms with E-state index < -0.39 is 11.4 Å². The SMILES string of the molecule is C[C@@]12CCC[C@]3(Cn4cc(C(=O)O)c(=O)c(OCc5ccccc5)c4C(=O)N3C1)C2. The van der Waals surface area contributed by atoms with Gasteiger partial charge < -0.3 is 19.3 Å². The lowest BCUT2D eigenvalue weighted by Gasteiger charge is -2.45. The number of hydrogen-bond acceptors (Lipinski definition) is 4. The van der Waals surface area contributed by atoms with E-state index in [-0.39, 0.29) is 40.5 Å². The Morgan fingerprint density at radius 1 is 1.17 bits per heavy atom. The van der Waals surface area contributed by atoms with Gasteiger partial charge in [-0.15, -0.1) is 0 Å². The highest BCUT2D eigenvalue weighted by atomic mass is 16.5. The zero-order valence-electron chi connectivity index (χ0n) is 16.9. The number of benzene rings is 1. The van der Waals surface area contributed by atoms with Crippen LogP contribution in [-0.2, 0) is 13.2 Å². The highest BCUT2D eigenvalue weighted by Gasteiger charge is 2.58. The Labute approximate surface area is 173 Å². The van der Waals surface area contributed by atoms with Gasteiger partial charge in [0, 0.05) is 19.3 Å². The maximum Gasteiger partial charge on any atom is 0.341 e. The van der Waals surface area contributed by atoms with Gasteiger partial charge in [-0.3, -0.25) is 9.59 Å². The van der Waals surface area contributed by atoms with Gasteiger partial charge in [0.1, 0.15) is 12.2 Å². The average Bonchev–Trinajstić information content (AvgIpc) is 2.92. The van der Waals surface area contributed by atoms with E-state index in [2.05, 4.69) is 6.92 Å². The number of carboxylic acid groups (broad SMARTS) is 1. The molecule has 1 aromatic carbocycles. The Bertz CT molecular complexity index is 1110. The van der Waals surface area contributed by atoms with Crippen molar-refractivity contribution in [2.75, 3.05) is 6.54 Å². The van der Waals surface area contributed by atoms with Gasteiger partial charge in [-0.25, -0.2) is 4.79 Å². The van der Waals surface area contributed by atoms with Crippen LogP contribution < -0.4 is 10.2 Å². The monoisotopic (exact) mass is 408 g/mol. The fourth-order valence-electron chi connectivity index (χ4n) is 5.68. The number of aromatic carboxylic acids is 1. The Hall–Kier alpha value is -3.09. The Morgan fingerprint density at radius 3 is 2.67 bits per heavy atom. The van der Waals surface area contributed by atoms with Crippen molar-refractivity contribution in [3.05, 3.63) is 63.6 Å². The number of carboxylic acids is 1. The summed E-state index contributed by atoms with van der Waals surface area (Å²) in [7, 11) is 0.